The number of likely N-dealkylation sites (tertiary alicyclic amines) is 1. The van der Waals surface area contributed by atoms with E-state index in [0.29, 0.717) is 22.6 Å². The molecule has 1 aliphatic carbocycles. The Hall–Kier alpha value is -0.620. The third kappa shape index (κ3) is 6.34. The Balaban J connectivity index is 1.30. The minimum Gasteiger partial charge on any atom is -0.350 e. The minimum atomic E-state index is -0.0919. The van der Waals surface area contributed by atoms with Crippen LogP contribution in [0.2, 0.25) is 0 Å². The standard InChI is InChI=1S/C27H47ClN4O/c1-18(2)24(31-26(33)23-12-9-20-6-5-14-29-25(20)30-23)16-32-15-13-22(27(3,4)17-32)19-7-10-21(28)11-8-19/h5-6,18-25,29-30H,7-17H2,1-4H3,(H,31,33)/t19?,20?,21?,22-,23?,24+,25?/m1/s1. The van der Waals surface area contributed by atoms with Crippen LogP contribution in [0.15, 0.2) is 12.2 Å². The van der Waals surface area contributed by atoms with E-state index in [0.717, 1.165) is 50.9 Å². The number of nitrogens with zero attached hydrogens (tertiary/aromatic N) is 1. The van der Waals surface area contributed by atoms with Crippen LogP contribution in [0, 0.1) is 29.1 Å². The molecule has 5 nitrogen and oxygen atoms in total. The average molecular weight is 479 g/mol. The Kier molecular flexibility index (Phi) is 8.47. The van der Waals surface area contributed by atoms with Crippen molar-refractivity contribution in [3.63, 3.8) is 0 Å². The predicted octanol–water partition coefficient (Wildman–Crippen LogP) is 4.13. The molecule has 5 atom stereocenters. The average Bonchev–Trinajstić information content (AvgIpc) is 2.78. The van der Waals surface area contributed by atoms with Crippen LogP contribution in [-0.2, 0) is 4.79 Å². The van der Waals surface area contributed by atoms with Gasteiger partial charge in [0.15, 0.2) is 0 Å². The van der Waals surface area contributed by atoms with Crippen LogP contribution in [0.4, 0.5) is 0 Å². The van der Waals surface area contributed by atoms with Gasteiger partial charge < -0.3 is 10.2 Å². The lowest BCUT2D eigenvalue weighted by Gasteiger charge is -2.49. The number of hydrogen-bond donors (Lipinski definition) is 3. The summed E-state index contributed by atoms with van der Waals surface area (Å²) in [5, 5.41) is 10.9. The van der Waals surface area contributed by atoms with Crippen LogP contribution >= 0.6 is 11.6 Å². The Morgan fingerprint density at radius 3 is 2.61 bits per heavy atom. The molecule has 0 bridgehead atoms. The molecule has 4 aliphatic rings. The van der Waals surface area contributed by atoms with Crippen molar-refractivity contribution in [2.24, 2.45) is 29.1 Å². The fraction of sp³-hybridized carbons (Fsp3) is 0.889. The molecule has 2 saturated heterocycles. The summed E-state index contributed by atoms with van der Waals surface area (Å²) in [6.45, 7) is 13.5. The molecule has 33 heavy (non-hydrogen) atoms. The number of amides is 1. The summed E-state index contributed by atoms with van der Waals surface area (Å²) >= 11 is 6.38. The molecule has 1 amide bonds. The molecule has 6 heteroatoms. The lowest BCUT2D eigenvalue weighted by Crippen LogP contribution is -2.62. The maximum Gasteiger partial charge on any atom is 0.237 e. The molecule has 0 aromatic rings. The van der Waals surface area contributed by atoms with Gasteiger partial charge in [0.2, 0.25) is 5.91 Å². The third-order valence-electron chi connectivity index (χ3n) is 9.00. The zero-order valence-corrected chi connectivity index (χ0v) is 22.0. The Labute approximate surface area is 206 Å². The molecule has 0 radical (unpaired) electrons. The Morgan fingerprint density at radius 1 is 1.15 bits per heavy atom. The molecule has 3 heterocycles. The summed E-state index contributed by atoms with van der Waals surface area (Å²) in [7, 11) is 0. The first-order valence-electron chi connectivity index (χ1n) is 13.6. The molecule has 0 spiro atoms. The van der Waals surface area contributed by atoms with Crippen molar-refractivity contribution < 1.29 is 4.79 Å². The van der Waals surface area contributed by atoms with Gasteiger partial charge in [-0.05, 0) is 74.7 Å². The van der Waals surface area contributed by atoms with Crippen LogP contribution in [-0.4, -0.2) is 60.6 Å². The second-order valence-electron chi connectivity index (χ2n) is 12.3. The van der Waals surface area contributed by atoms with Crippen molar-refractivity contribution in [2.45, 2.75) is 96.3 Å². The molecule has 0 aromatic heterocycles. The number of hydrogen-bond acceptors (Lipinski definition) is 4. The predicted molar refractivity (Wildman–Crippen MR) is 137 cm³/mol. The molecular formula is C27H47ClN4O. The SMILES string of the molecule is CC(C)[C@H](CN1CC[C@H](C2CCC(Cl)CC2)C(C)(C)C1)NC(=O)C1CCC2C=CCNC2N1. The fourth-order valence-corrected chi connectivity index (χ4v) is 7.24. The normalized spacial score (nSPS) is 38.0. The summed E-state index contributed by atoms with van der Waals surface area (Å²) in [6, 6.07) is 0.0982. The number of carbonyl (C=O) groups excluding carboxylic acids is 1. The van der Waals surface area contributed by atoms with Crippen molar-refractivity contribution in [3.8, 4) is 0 Å². The summed E-state index contributed by atoms with van der Waals surface area (Å²) < 4.78 is 0. The van der Waals surface area contributed by atoms with Crippen molar-refractivity contribution in [2.75, 3.05) is 26.2 Å². The first kappa shape index (κ1) is 25.5. The zero-order valence-electron chi connectivity index (χ0n) is 21.3. The highest BCUT2D eigenvalue weighted by atomic mass is 35.5. The highest BCUT2D eigenvalue weighted by Gasteiger charge is 2.42. The second-order valence-corrected chi connectivity index (χ2v) is 12.9. The van der Waals surface area contributed by atoms with Gasteiger partial charge in [0, 0.05) is 37.0 Å². The maximum atomic E-state index is 13.2. The number of nitrogens with one attached hydrogen (secondary N) is 3. The van der Waals surface area contributed by atoms with Crippen LogP contribution in [0.5, 0.6) is 0 Å². The van der Waals surface area contributed by atoms with Gasteiger partial charge in [0.25, 0.3) is 0 Å². The van der Waals surface area contributed by atoms with Crippen molar-refractivity contribution in [3.05, 3.63) is 12.2 Å². The van der Waals surface area contributed by atoms with Gasteiger partial charge in [0.1, 0.15) is 0 Å². The largest absolute Gasteiger partial charge is 0.350 e. The number of rotatable bonds is 6. The minimum absolute atomic E-state index is 0.0919. The fourth-order valence-electron chi connectivity index (χ4n) is 6.99. The van der Waals surface area contributed by atoms with Gasteiger partial charge in [0.05, 0.1) is 12.2 Å². The number of carbonyl (C=O) groups is 1. The molecule has 3 unspecified atom stereocenters. The lowest BCUT2D eigenvalue weighted by molar-refractivity contribution is -0.125. The Morgan fingerprint density at radius 2 is 1.91 bits per heavy atom. The summed E-state index contributed by atoms with van der Waals surface area (Å²) in [5.41, 5.74) is 0.313. The van der Waals surface area contributed by atoms with Crippen LogP contribution < -0.4 is 16.0 Å². The topological polar surface area (TPSA) is 56.4 Å². The number of alkyl halides is 1. The maximum absolute atomic E-state index is 13.2. The summed E-state index contributed by atoms with van der Waals surface area (Å²) in [6.07, 6.45) is 12.9. The van der Waals surface area contributed by atoms with Crippen LogP contribution in [0.1, 0.15) is 72.6 Å². The van der Waals surface area contributed by atoms with E-state index in [9.17, 15) is 4.79 Å². The van der Waals surface area contributed by atoms with E-state index in [1.165, 1.54) is 32.1 Å². The van der Waals surface area contributed by atoms with E-state index in [1.807, 2.05) is 0 Å². The molecular weight excluding hydrogens is 432 g/mol. The van der Waals surface area contributed by atoms with Gasteiger partial charge in [-0.25, -0.2) is 0 Å². The molecule has 4 rings (SSSR count). The van der Waals surface area contributed by atoms with Gasteiger partial charge in [-0.15, -0.1) is 11.6 Å². The lowest BCUT2D eigenvalue weighted by atomic mass is 9.64. The highest BCUT2D eigenvalue weighted by molar-refractivity contribution is 6.20. The van der Waals surface area contributed by atoms with E-state index in [4.69, 9.17) is 11.6 Å². The third-order valence-corrected chi connectivity index (χ3v) is 9.44. The van der Waals surface area contributed by atoms with Gasteiger partial charge in [-0.2, -0.15) is 0 Å². The number of halogens is 1. The van der Waals surface area contributed by atoms with Crippen LogP contribution in [0.3, 0.4) is 0 Å². The Bertz CT molecular complexity index is 688. The first-order chi connectivity index (χ1) is 15.7. The van der Waals surface area contributed by atoms with Gasteiger partial charge >= 0.3 is 0 Å². The van der Waals surface area contributed by atoms with Gasteiger partial charge in [-0.1, -0.05) is 39.8 Å². The zero-order chi connectivity index (χ0) is 23.6. The number of fused-ring (bicyclic) bond motifs is 1. The smallest absolute Gasteiger partial charge is 0.237 e. The van der Waals surface area contributed by atoms with E-state index >= 15 is 0 Å². The quantitative estimate of drug-likeness (QED) is 0.397. The van der Waals surface area contributed by atoms with E-state index in [1.54, 1.807) is 0 Å². The van der Waals surface area contributed by atoms with Gasteiger partial charge in [-0.3, -0.25) is 15.4 Å². The van der Waals surface area contributed by atoms with Crippen molar-refractivity contribution in [1.29, 1.82) is 0 Å². The summed E-state index contributed by atoms with van der Waals surface area (Å²) in [5.74, 6) is 2.73. The number of piperidine rings is 2. The highest BCUT2D eigenvalue weighted by Crippen LogP contribution is 2.45. The molecule has 3 aliphatic heterocycles. The molecule has 3 N–H and O–H groups in total. The first-order valence-corrected chi connectivity index (χ1v) is 14.0. The van der Waals surface area contributed by atoms with Crippen molar-refractivity contribution >= 4 is 17.5 Å². The monoisotopic (exact) mass is 478 g/mol. The van der Waals surface area contributed by atoms with E-state index < -0.39 is 0 Å². The molecule has 1 saturated carbocycles. The molecule has 3 fully saturated rings. The molecule has 188 valence electrons. The molecule has 0 aromatic carbocycles. The van der Waals surface area contributed by atoms with Crippen LogP contribution in [0.25, 0.3) is 0 Å². The summed E-state index contributed by atoms with van der Waals surface area (Å²) in [4.78, 5) is 15.8. The second kappa shape index (κ2) is 11.0. The van der Waals surface area contributed by atoms with E-state index in [2.05, 4.69) is 60.7 Å². The van der Waals surface area contributed by atoms with Crippen molar-refractivity contribution in [1.82, 2.24) is 20.9 Å². The van der Waals surface area contributed by atoms with E-state index in [-0.39, 0.29) is 24.2 Å².